The molecule has 0 bridgehead atoms. The summed E-state index contributed by atoms with van der Waals surface area (Å²) in [5, 5.41) is 2.71. The molecule has 8 heteroatoms. The fourth-order valence-corrected chi connectivity index (χ4v) is 3.67. The summed E-state index contributed by atoms with van der Waals surface area (Å²) in [5.74, 6) is 0.586. The zero-order chi connectivity index (χ0) is 20.7. The Labute approximate surface area is 168 Å². The van der Waals surface area contributed by atoms with E-state index in [1.54, 1.807) is 12.1 Å². The number of carbonyl (C=O) groups is 2. The lowest BCUT2D eigenvalue weighted by molar-refractivity contribution is -0.124. The van der Waals surface area contributed by atoms with E-state index in [2.05, 4.69) is 5.32 Å². The van der Waals surface area contributed by atoms with Gasteiger partial charge in [-0.05, 0) is 42.7 Å². The third-order valence-electron chi connectivity index (χ3n) is 4.15. The van der Waals surface area contributed by atoms with Gasteiger partial charge in [0.1, 0.15) is 4.88 Å². The van der Waals surface area contributed by atoms with Crippen molar-refractivity contribution in [1.82, 2.24) is 5.32 Å². The van der Waals surface area contributed by atoms with E-state index in [-0.39, 0.29) is 13.2 Å². The van der Waals surface area contributed by atoms with Gasteiger partial charge in [-0.25, -0.2) is 4.79 Å². The second kappa shape index (κ2) is 9.98. The van der Waals surface area contributed by atoms with E-state index in [4.69, 9.17) is 18.9 Å². The van der Waals surface area contributed by atoms with E-state index in [1.807, 2.05) is 19.9 Å². The van der Waals surface area contributed by atoms with Crippen LogP contribution in [0.25, 0.3) is 0 Å². The van der Waals surface area contributed by atoms with Crippen molar-refractivity contribution < 1.29 is 28.5 Å². The molecule has 152 valence electrons. The van der Waals surface area contributed by atoms with Gasteiger partial charge in [0.15, 0.2) is 18.1 Å². The van der Waals surface area contributed by atoms with Gasteiger partial charge < -0.3 is 24.3 Å². The fourth-order valence-electron chi connectivity index (χ4n) is 2.66. The fraction of sp³-hybridized carbons (Fsp3) is 0.400. The third-order valence-corrected chi connectivity index (χ3v) is 5.22. The van der Waals surface area contributed by atoms with Crippen molar-refractivity contribution in [2.45, 2.75) is 26.8 Å². The second-order valence-electron chi connectivity index (χ2n) is 5.93. The van der Waals surface area contributed by atoms with E-state index in [9.17, 15) is 9.59 Å². The van der Waals surface area contributed by atoms with Gasteiger partial charge in [0.25, 0.3) is 5.91 Å². The average Bonchev–Trinajstić information content (AvgIpc) is 3.10. The number of benzene rings is 1. The number of esters is 1. The smallest absolute Gasteiger partial charge is 0.348 e. The number of amides is 1. The van der Waals surface area contributed by atoms with Gasteiger partial charge in [-0.1, -0.05) is 6.92 Å². The zero-order valence-electron chi connectivity index (χ0n) is 16.7. The molecule has 0 saturated carbocycles. The van der Waals surface area contributed by atoms with Crippen molar-refractivity contribution in [2.75, 3.05) is 27.9 Å². The monoisotopic (exact) mass is 407 g/mol. The molecule has 1 amide bonds. The molecule has 0 spiro atoms. The molecule has 1 aromatic carbocycles. The Kier molecular flexibility index (Phi) is 7.69. The maximum absolute atomic E-state index is 12.1. The van der Waals surface area contributed by atoms with Crippen LogP contribution in [0.3, 0.4) is 0 Å². The molecule has 0 saturated heterocycles. The summed E-state index contributed by atoms with van der Waals surface area (Å²) in [4.78, 5) is 25.7. The Morgan fingerprint density at radius 1 is 1.04 bits per heavy atom. The molecule has 0 atom stereocenters. The molecule has 0 fully saturated rings. The number of carbonyl (C=O) groups excluding carboxylic acids is 2. The number of thiophene rings is 1. The normalized spacial score (nSPS) is 10.3. The molecule has 0 unspecified atom stereocenters. The number of nitrogens with one attached hydrogen (secondary N) is 1. The predicted molar refractivity (Wildman–Crippen MR) is 107 cm³/mol. The minimum Gasteiger partial charge on any atom is -0.493 e. The molecular formula is C20H25NO6S. The molecular weight excluding hydrogens is 382 g/mol. The highest BCUT2D eigenvalue weighted by atomic mass is 32.1. The third kappa shape index (κ3) is 5.16. The van der Waals surface area contributed by atoms with E-state index in [0.717, 1.165) is 22.4 Å². The van der Waals surface area contributed by atoms with Gasteiger partial charge in [0.2, 0.25) is 5.75 Å². The van der Waals surface area contributed by atoms with E-state index in [0.29, 0.717) is 22.1 Å². The maximum Gasteiger partial charge on any atom is 0.348 e. The first-order chi connectivity index (χ1) is 13.4. The minimum atomic E-state index is -0.490. The predicted octanol–water partition coefficient (Wildman–Crippen LogP) is 3.12. The number of hydrogen-bond donors (Lipinski definition) is 1. The van der Waals surface area contributed by atoms with Gasteiger partial charge in [0, 0.05) is 11.4 Å². The number of aryl methyl sites for hydroxylation is 2. The van der Waals surface area contributed by atoms with Crippen molar-refractivity contribution in [3.63, 3.8) is 0 Å². The Morgan fingerprint density at radius 3 is 2.18 bits per heavy atom. The van der Waals surface area contributed by atoms with Crippen LogP contribution in [-0.4, -0.2) is 39.8 Å². The lowest BCUT2D eigenvalue weighted by atomic mass is 10.1. The summed E-state index contributed by atoms with van der Waals surface area (Å²) in [6, 6.07) is 5.30. The van der Waals surface area contributed by atoms with E-state index < -0.39 is 11.9 Å². The average molecular weight is 407 g/mol. The molecule has 0 aliphatic rings. The summed E-state index contributed by atoms with van der Waals surface area (Å²) in [5.41, 5.74) is 1.87. The summed E-state index contributed by atoms with van der Waals surface area (Å²) >= 11 is 1.37. The van der Waals surface area contributed by atoms with Gasteiger partial charge in [-0.2, -0.15) is 0 Å². The first kappa shape index (κ1) is 21.6. The van der Waals surface area contributed by atoms with Gasteiger partial charge >= 0.3 is 5.97 Å². The largest absolute Gasteiger partial charge is 0.493 e. The Hall–Kier alpha value is -2.74. The first-order valence-corrected chi connectivity index (χ1v) is 9.57. The van der Waals surface area contributed by atoms with Gasteiger partial charge in [-0.15, -0.1) is 11.3 Å². The van der Waals surface area contributed by atoms with Crippen molar-refractivity contribution >= 4 is 23.2 Å². The summed E-state index contributed by atoms with van der Waals surface area (Å²) in [6.45, 7) is 3.87. The number of methoxy groups -OCH3 is 3. The van der Waals surface area contributed by atoms with E-state index in [1.165, 1.54) is 32.7 Å². The van der Waals surface area contributed by atoms with Crippen LogP contribution >= 0.6 is 11.3 Å². The van der Waals surface area contributed by atoms with Crippen LogP contribution in [0.4, 0.5) is 0 Å². The standard InChI is InChI=1S/C20H25NO6S/c1-6-14-9-17(28-12(14)2)20(23)27-11-18(22)21-10-13-7-15(24-3)19(26-5)16(8-13)25-4/h7-9H,6,10-11H2,1-5H3,(H,21,22). The highest BCUT2D eigenvalue weighted by molar-refractivity contribution is 7.14. The molecule has 0 aliphatic heterocycles. The Morgan fingerprint density at radius 2 is 1.68 bits per heavy atom. The molecule has 28 heavy (non-hydrogen) atoms. The van der Waals surface area contributed by atoms with Crippen molar-refractivity contribution in [3.8, 4) is 17.2 Å². The zero-order valence-corrected chi connectivity index (χ0v) is 17.5. The van der Waals surface area contributed by atoms with Crippen LogP contribution in [0, 0.1) is 6.92 Å². The van der Waals surface area contributed by atoms with Crippen molar-refractivity contribution in [1.29, 1.82) is 0 Å². The Balaban J connectivity index is 1.92. The molecule has 0 aliphatic carbocycles. The number of ether oxygens (including phenoxy) is 4. The van der Waals surface area contributed by atoms with Crippen molar-refractivity contribution in [2.24, 2.45) is 0 Å². The van der Waals surface area contributed by atoms with Gasteiger partial charge in [-0.3, -0.25) is 4.79 Å². The highest BCUT2D eigenvalue weighted by Gasteiger charge is 2.16. The highest BCUT2D eigenvalue weighted by Crippen LogP contribution is 2.38. The van der Waals surface area contributed by atoms with Gasteiger partial charge in [0.05, 0.1) is 21.3 Å². The topological polar surface area (TPSA) is 83.1 Å². The molecule has 0 radical (unpaired) electrons. The lowest BCUT2D eigenvalue weighted by Crippen LogP contribution is -2.28. The lowest BCUT2D eigenvalue weighted by Gasteiger charge is -2.14. The van der Waals surface area contributed by atoms with Crippen LogP contribution in [-0.2, 0) is 22.5 Å². The second-order valence-corrected chi connectivity index (χ2v) is 7.19. The molecule has 2 aromatic rings. The Bertz CT molecular complexity index is 820. The summed E-state index contributed by atoms with van der Waals surface area (Å²) in [6.07, 6.45) is 0.852. The SMILES string of the molecule is CCc1cc(C(=O)OCC(=O)NCc2cc(OC)c(OC)c(OC)c2)sc1C. The van der Waals surface area contributed by atoms with E-state index >= 15 is 0 Å². The molecule has 2 rings (SSSR count). The van der Waals surface area contributed by atoms with Crippen LogP contribution in [0.5, 0.6) is 17.2 Å². The molecule has 1 N–H and O–H groups in total. The van der Waals surface area contributed by atoms with Crippen molar-refractivity contribution in [3.05, 3.63) is 39.1 Å². The molecule has 7 nitrogen and oxygen atoms in total. The number of hydrogen-bond acceptors (Lipinski definition) is 7. The van der Waals surface area contributed by atoms with Crippen LogP contribution < -0.4 is 19.5 Å². The van der Waals surface area contributed by atoms with Crippen LogP contribution in [0.2, 0.25) is 0 Å². The minimum absolute atomic E-state index is 0.227. The van der Waals surface area contributed by atoms with Crippen LogP contribution in [0.15, 0.2) is 18.2 Å². The summed E-state index contributed by atoms with van der Waals surface area (Å²) < 4.78 is 21.0. The quantitative estimate of drug-likeness (QED) is 0.643. The number of rotatable bonds is 9. The maximum atomic E-state index is 12.1. The first-order valence-electron chi connectivity index (χ1n) is 8.75. The molecule has 1 heterocycles. The summed E-state index contributed by atoms with van der Waals surface area (Å²) in [7, 11) is 4.57. The van der Waals surface area contributed by atoms with Crippen LogP contribution in [0.1, 0.15) is 32.6 Å². The molecule has 1 aromatic heterocycles.